The number of rotatable bonds is 3. The van der Waals surface area contributed by atoms with E-state index in [1.807, 2.05) is 31.2 Å². The Morgan fingerprint density at radius 3 is 2.71 bits per heavy atom. The number of hydrogen-bond donors (Lipinski definition) is 1. The van der Waals surface area contributed by atoms with E-state index in [2.05, 4.69) is 5.32 Å². The van der Waals surface area contributed by atoms with Gasteiger partial charge >= 0.3 is 0 Å². The highest BCUT2D eigenvalue weighted by atomic mass is 19.1. The van der Waals surface area contributed by atoms with Crippen LogP contribution in [0, 0.1) is 25.6 Å². The van der Waals surface area contributed by atoms with Crippen molar-refractivity contribution in [2.45, 2.75) is 20.3 Å². The molecule has 124 valence electrons. The molecule has 1 saturated heterocycles. The maximum Gasteiger partial charge on any atom is 0.229 e. The lowest BCUT2D eigenvalue weighted by Crippen LogP contribution is -2.28. The lowest BCUT2D eigenvalue weighted by Gasteiger charge is -2.17. The lowest BCUT2D eigenvalue weighted by molar-refractivity contribution is -0.122. The average Bonchev–Trinajstić information content (AvgIpc) is 2.92. The fourth-order valence-electron chi connectivity index (χ4n) is 2.93. The zero-order valence-corrected chi connectivity index (χ0v) is 13.7. The third-order valence-electron chi connectivity index (χ3n) is 4.26. The second kappa shape index (κ2) is 6.43. The van der Waals surface area contributed by atoms with E-state index in [-0.39, 0.29) is 24.1 Å². The highest BCUT2D eigenvalue weighted by Gasteiger charge is 2.35. The van der Waals surface area contributed by atoms with Gasteiger partial charge in [0.1, 0.15) is 5.82 Å². The van der Waals surface area contributed by atoms with Crippen molar-refractivity contribution < 1.29 is 14.0 Å². The second-order valence-corrected chi connectivity index (χ2v) is 6.19. The van der Waals surface area contributed by atoms with E-state index < -0.39 is 5.92 Å². The van der Waals surface area contributed by atoms with E-state index in [4.69, 9.17) is 0 Å². The van der Waals surface area contributed by atoms with Crippen LogP contribution in [0.2, 0.25) is 0 Å². The molecule has 0 saturated carbocycles. The minimum absolute atomic E-state index is 0.0587. The number of anilines is 2. The molecule has 4 nitrogen and oxygen atoms in total. The molecule has 0 radical (unpaired) electrons. The van der Waals surface area contributed by atoms with E-state index in [0.29, 0.717) is 17.8 Å². The van der Waals surface area contributed by atoms with Gasteiger partial charge in [0.05, 0.1) is 5.92 Å². The molecule has 5 heteroatoms. The number of halogens is 1. The zero-order chi connectivity index (χ0) is 17.3. The van der Waals surface area contributed by atoms with Crippen molar-refractivity contribution in [3.63, 3.8) is 0 Å². The SMILES string of the molecule is Cc1cccc(N2C[C@@H](C(=O)Nc3ccc(F)cc3C)CC2=O)c1. The predicted molar refractivity (Wildman–Crippen MR) is 91.4 cm³/mol. The van der Waals surface area contributed by atoms with Crippen molar-refractivity contribution in [3.8, 4) is 0 Å². The second-order valence-electron chi connectivity index (χ2n) is 6.19. The van der Waals surface area contributed by atoms with Gasteiger partial charge in [-0.1, -0.05) is 12.1 Å². The highest BCUT2D eigenvalue weighted by molar-refractivity contribution is 6.03. The van der Waals surface area contributed by atoms with E-state index in [1.165, 1.54) is 18.2 Å². The van der Waals surface area contributed by atoms with Crippen LogP contribution in [0.3, 0.4) is 0 Å². The number of nitrogens with one attached hydrogen (secondary N) is 1. The molecule has 0 aliphatic carbocycles. The van der Waals surface area contributed by atoms with Crippen molar-refractivity contribution in [3.05, 3.63) is 59.4 Å². The minimum atomic E-state index is -0.414. The monoisotopic (exact) mass is 326 g/mol. The summed E-state index contributed by atoms with van der Waals surface area (Å²) in [4.78, 5) is 26.4. The molecule has 24 heavy (non-hydrogen) atoms. The van der Waals surface area contributed by atoms with Crippen LogP contribution in [0.5, 0.6) is 0 Å². The first-order valence-electron chi connectivity index (χ1n) is 7.88. The normalized spacial score (nSPS) is 17.2. The molecule has 2 amide bonds. The Kier molecular flexibility index (Phi) is 4.34. The van der Waals surface area contributed by atoms with Crippen molar-refractivity contribution in [1.82, 2.24) is 0 Å². The molecular formula is C19H19FN2O2. The van der Waals surface area contributed by atoms with Gasteiger partial charge < -0.3 is 10.2 Å². The Balaban J connectivity index is 1.72. The van der Waals surface area contributed by atoms with E-state index in [1.54, 1.807) is 11.8 Å². The fourth-order valence-corrected chi connectivity index (χ4v) is 2.93. The van der Waals surface area contributed by atoms with Gasteiger partial charge in [-0.05, 0) is 55.3 Å². The molecule has 3 rings (SSSR count). The standard InChI is InChI=1S/C19H19FN2O2/c1-12-4-3-5-16(8-12)22-11-14(10-18(22)23)19(24)21-17-7-6-15(20)9-13(17)2/h3-9,14H,10-11H2,1-2H3,(H,21,24)/t14-/m0/s1. The molecule has 0 bridgehead atoms. The Labute approximate surface area is 140 Å². The summed E-state index contributed by atoms with van der Waals surface area (Å²) in [5.74, 6) is -1.03. The molecule has 1 N–H and O–H groups in total. The summed E-state index contributed by atoms with van der Waals surface area (Å²) >= 11 is 0. The van der Waals surface area contributed by atoms with Crippen LogP contribution >= 0.6 is 0 Å². The van der Waals surface area contributed by atoms with Crippen molar-refractivity contribution in [2.24, 2.45) is 5.92 Å². The van der Waals surface area contributed by atoms with Gasteiger partial charge in [-0.2, -0.15) is 0 Å². The highest BCUT2D eigenvalue weighted by Crippen LogP contribution is 2.27. The van der Waals surface area contributed by atoms with Crippen molar-refractivity contribution in [1.29, 1.82) is 0 Å². The predicted octanol–water partition coefficient (Wildman–Crippen LogP) is 3.43. The average molecular weight is 326 g/mol. The fraction of sp³-hybridized carbons (Fsp3) is 0.263. The van der Waals surface area contributed by atoms with Crippen LogP contribution in [-0.4, -0.2) is 18.4 Å². The van der Waals surface area contributed by atoms with Crippen LogP contribution in [-0.2, 0) is 9.59 Å². The molecule has 0 spiro atoms. The number of aryl methyl sites for hydroxylation is 2. The van der Waals surface area contributed by atoms with Gasteiger partial charge in [-0.3, -0.25) is 9.59 Å². The van der Waals surface area contributed by atoms with Gasteiger partial charge in [-0.15, -0.1) is 0 Å². The largest absolute Gasteiger partial charge is 0.326 e. The number of carbonyl (C=O) groups is 2. The van der Waals surface area contributed by atoms with E-state index in [0.717, 1.165) is 11.3 Å². The third kappa shape index (κ3) is 3.30. The maximum atomic E-state index is 13.1. The Morgan fingerprint density at radius 1 is 1.21 bits per heavy atom. The topological polar surface area (TPSA) is 49.4 Å². The first-order valence-corrected chi connectivity index (χ1v) is 7.88. The molecule has 0 unspecified atom stereocenters. The molecule has 2 aromatic rings. The summed E-state index contributed by atoms with van der Waals surface area (Å²) in [6.45, 7) is 4.05. The number of hydrogen-bond acceptors (Lipinski definition) is 2. The molecule has 1 aliphatic rings. The van der Waals surface area contributed by atoms with Gasteiger partial charge in [0.25, 0.3) is 0 Å². The number of benzene rings is 2. The number of carbonyl (C=O) groups excluding carboxylic acids is 2. The summed E-state index contributed by atoms with van der Waals surface area (Å²) in [6.07, 6.45) is 0.181. The van der Waals surface area contributed by atoms with E-state index >= 15 is 0 Å². The summed E-state index contributed by atoms with van der Waals surface area (Å²) in [6, 6.07) is 11.9. The summed E-state index contributed by atoms with van der Waals surface area (Å²) in [5, 5.41) is 2.80. The molecule has 1 atom stereocenters. The Morgan fingerprint density at radius 2 is 2.00 bits per heavy atom. The van der Waals surface area contributed by atoms with Crippen LogP contribution < -0.4 is 10.2 Å². The smallest absolute Gasteiger partial charge is 0.229 e. The zero-order valence-electron chi connectivity index (χ0n) is 13.7. The van der Waals surface area contributed by atoms with Crippen LogP contribution in [0.1, 0.15) is 17.5 Å². The van der Waals surface area contributed by atoms with Gasteiger partial charge in [-0.25, -0.2) is 4.39 Å². The molecule has 0 aromatic heterocycles. The van der Waals surface area contributed by atoms with E-state index in [9.17, 15) is 14.0 Å². The van der Waals surface area contributed by atoms with Gasteiger partial charge in [0.15, 0.2) is 0 Å². The van der Waals surface area contributed by atoms with Gasteiger partial charge in [0.2, 0.25) is 11.8 Å². The first-order chi connectivity index (χ1) is 11.4. The number of nitrogens with zero attached hydrogens (tertiary/aromatic N) is 1. The molecule has 1 aliphatic heterocycles. The van der Waals surface area contributed by atoms with Crippen LogP contribution in [0.4, 0.5) is 15.8 Å². The lowest BCUT2D eigenvalue weighted by atomic mass is 10.1. The summed E-state index contributed by atoms with van der Waals surface area (Å²) < 4.78 is 13.1. The van der Waals surface area contributed by atoms with Crippen LogP contribution in [0.15, 0.2) is 42.5 Å². The maximum absolute atomic E-state index is 13.1. The Bertz CT molecular complexity index is 804. The molecule has 2 aromatic carbocycles. The summed E-state index contributed by atoms with van der Waals surface area (Å²) in [5.41, 5.74) is 3.11. The van der Waals surface area contributed by atoms with Crippen LogP contribution in [0.25, 0.3) is 0 Å². The minimum Gasteiger partial charge on any atom is -0.326 e. The van der Waals surface area contributed by atoms with Crippen molar-refractivity contribution >= 4 is 23.2 Å². The van der Waals surface area contributed by atoms with Crippen molar-refractivity contribution in [2.75, 3.05) is 16.8 Å². The molecule has 1 fully saturated rings. The van der Waals surface area contributed by atoms with Gasteiger partial charge in [0, 0.05) is 24.3 Å². The third-order valence-corrected chi connectivity index (χ3v) is 4.26. The summed E-state index contributed by atoms with van der Waals surface area (Å²) in [7, 11) is 0. The molecular weight excluding hydrogens is 307 g/mol. The first kappa shape index (κ1) is 16.2. The molecule has 1 heterocycles. The Hall–Kier alpha value is -2.69. The quantitative estimate of drug-likeness (QED) is 0.939. The number of amides is 2.